The number of nitrogens with one attached hydrogen (secondary N) is 1. The summed E-state index contributed by atoms with van der Waals surface area (Å²) in [6, 6.07) is 10.1. The Morgan fingerprint density at radius 3 is 2.93 bits per heavy atom. The molecule has 0 aromatic heterocycles. The zero-order valence-electron chi connectivity index (χ0n) is 8.83. The Balaban J connectivity index is 2.55. The van der Waals surface area contributed by atoms with Crippen LogP contribution in [0.15, 0.2) is 28.7 Å². The van der Waals surface area contributed by atoms with Gasteiger partial charge in [0.05, 0.1) is 6.07 Å². The zero-order chi connectivity index (χ0) is 11.1. The first-order chi connectivity index (χ1) is 7.26. The number of rotatable bonds is 5. The number of nitrogens with zero attached hydrogens (tertiary/aromatic N) is 1. The first-order valence-corrected chi connectivity index (χ1v) is 5.97. The van der Waals surface area contributed by atoms with Gasteiger partial charge in [-0.05, 0) is 24.6 Å². The van der Waals surface area contributed by atoms with E-state index in [2.05, 4.69) is 34.2 Å². The van der Waals surface area contributed by atoms with Crippen molar-refractivity contribution in [3.63, 3.8) is 0 Å². The van der Waals surface area contributed by atoms with Crippen molar-refractivity contribution >= 4 is 21.6 Å². The van der Waals surface area contributed by atoms with Gasteiger partial charge in [-0.3, -0.25) is 0 Å². The molecule has 1 rings (SSSR count). The van der Waals surface area contributed by atoms with Gasteiger partial charge in [0.1, 0.15) is 6.04 Å². The van der Waals surface area contributed by atoms with Crippen molar-refractivity contribution in [2.75, 3.05) is 5.32 Å². The summed E-state index contributed by atoms with van der Waals surface area (Å²) in [6.07, 6.45) is 3.11. The maximum atomic E-state index is 8.96. The number of anilines is 1. The fourth-order valence-corrected chi connectivity index (χ4v) is 1.76. The largest absolute Gasteiger partial charge is 0.370 e. The highest BCUT2D eigenvalue weighted by Gasteiger charge is 2.05. The molecule has 0 aliphatic rings. The molecule has 0 aliphatic carbocycles. The van der Waals surface area contributed by atoms with E-state index in [4.69, 9.17) is 5.26 Å². The molecule has 0 radical (unpaired) electrons. The Labute approximate surface area is 99.4 Å². The van der Waals surface area contributed by atoms with Gasteiger partial charge >= 0.3 is 0 Å². The summed E-state index contributed by atoms with van der Waals surface area (Å²) >= 11 is 3.40. The third-order valence-corrected chi connectivity index (χ3v) is 2.66. The van der Waals surface area contributed by atoms with E-state index < -0.39 is 0 Å². The monoisotopic (exact) mass is 266 g/mol. The van der Waals surface area contributed by atoms with E-state index in [1.54, 1.807) is 0 Å². The van der Waals surface area contributed by atoms with E-state index in [9.17, 15) is 0 Å². The van der Waals surface area contributed by atoms with Gasteiger partial charge in [-0.2, -0.15) is 5.26 Å². The van der Waals surface area contributed by atoms with E-state index in [1.807, 2.05) is 24.3 Å². The molecule has 80 valence electrons. The van der Waals surface area contributed by atoms with Gasteiger partial charge in [-0.15, -0.1) is 0 Å². The first kappa shape index (κ1) is 12.1. The lowest BCUT2D eigenvalue weighted by atomic mass is 10.1. The van der Waals surface area contributed by atoms with E-state index in [0.29, 0.717) is 0 Å². The predicted molar refractivity (Wildman–Crippen MR) is 66.7 cm³/mol. The molecule has 1 atom stereocenters. The predicted octanol–water partition coefficient (Wildman–Crippen LogP) is 3.94. The van der Waals surface area contributed by atoms with Crippen LogP contribution in [0.3, 0.4) is 0 Å². The van der Waals surface area contributed by atoms with Crippen molar-refractivity contribution in [2.45, 2.75) is 32.2 Å². The molecular weight excluding hydrogens is 252 g/mol. The fraction of sp³-hybridized carbons (Fsp3) is 0.417. The molecule has 1 N–H and O–H groups in total. The number of nitriles is 1. The average molecular weight is 267 g/mol. The lowest BCUT2D eigenvalue weighted by Crippen LogP contribution is -2.16. The summed E-state index contributed by atoms with van der Waals surface area (Å²) in [5.41, 5.74) is 0.993. The molecule has 0 amide bonds. The van der Waals surface area contributed by atoms with Crippen LogP contribution in [0.25, 0.3) is 0 Å². The molecule has 0 bridgehead atoms. The van der Waals surface area contributed by atoms with Crippen LogP contribution in [-0.2, 0) is 0 Å². The minimum atomic E-state index is -0.0840. The van der Waals surface area contributed by atoms with Crippen molar-refractivity contribution in [1.82, 2.24) is 0 Å². The fourth-order valence-electron chi connectivity index (χ4n) is 1.36. The van der Waals surface area contributed by atoms with Crippen LogP contribution in [0.2, 0.25) is 0 Å². The highest BCUT2D eigenvalue weighted by atomic mass is 79.9. The van der Waals surface area contributed by atoms with Crippen LogP contribution >= 0.6 is 15.9 Å². The van der Waals surface area contributed by atoms with Gasteiger partial charge in [-0.1, -0.05) is 41.8 Å². The Kier molecular flexibility index (Phi) is 5.20. The number of unbranched alkanes of at least 4 members (excludes halogenated alkanes) is 1. The average Bonchev–Trinajstić information content (AvgIpc) is 2.24. The van der Waals surface area contributed by atoms with Crippen LogP contribution in [-0.4, -0.2) is 6.04 Å². The van der Waals surface area contributed by atoms with Crippen LogP contribution in [0, 0.1) is 11.3 Å². The highest BCUT2D eigenvalue weighted by molar-refractivity contribution is 9.10. The molecule has 1 unspecified atom stereocenters. The smallest absolute Gasteiger partial charge is 0.114 e. The van der Waals surface area contributed by atoms with Gasteiger partial charge in [0.2, 0.25) is 0 Å². The molecule has 0 saturated heterocycles. The summed E-state index contributed by atoms with van der Waals surface area (Å²) in [5, 5.41) is 12.2. The summed E-state index contributed by atoms with van der Waals surface area (Å²) in [7, 11) is 0. The first-order valence-electron chi connectivity index (χ1n) is 5.18. The van der Waals surface area contributed by atoms with E-state index in [-0.39, 0.29) is 6.04 Å². The van der Waals surface area contributed by atoms with Crippen LogP contribution in [0.1, 0.15) is 26.2 Å². The topological polar surface area (TPSA) is 35.8 Å². The van der Waals surface area contributed by atoms with Gasteiger partial charge in [0, 0.05) is 10.2 Å². The van der Waals surface area contributed by atoms with Crippen molar-refractivity contribution in [2.24, 2.45) is 0 Å². The Morgan fingerprint density at radius 1 is 1.53 bits per heavy atom. The highest BCUT2D eigenvalue weighted by Crippen LogP contribution is 2.17. The SMILES string of the molecule is CCCCC(C#N)Nc1cccc(Br)c1. The van der Waals surface area contributed by atoms with Crippen molar-refractivity contribution < 1.29 is 0 Å². The van der Waals surface area contributed by atoms with E-state index in [0.717, 1.165) is 29.4 Å². The number of halogens is 1. The molecule has 0 saturated carbocycles. The lowest BCUT2D eigenvalue weighted by molar-refractivity contribution is 0.687. The lowest BCUT2D eigenvalue weighted by Gasteiger charge is -2.12. The zero-order valence-corrected chi connectivity index (χ0v) is 10.4. The molecule has 0 aliphatic heterocycles. The molecule has 2 nitrogen and oxygen atoms in total. The third kappa shape index (κ3) is 4.35. The minimum Gasteiger partial charge on any atom is -0.370 e. The van der Waals surface area contributed by atoms with E-state index in [1.165, 1.54) is 0 Å². The third-order valence-electron chi connectivity index (χ3n) is 2.17. The van der Waals surface area contributed by atoms with Crippen LogP contribution in [0.5, 0.6) is 0 Å². The second-order valence-electron chi connectivity index (χ2n) is 3.48. The summed E-state index contributed by atoms with van der Waals surface area (Å²) in [4.78, 5) is 0. The number of benzene rings is 1. The van der Waals surface area contributed by atoms with Crippen LogP contribution < -0.4 is 5.32 Å². The Morgan fingerprint density at radius 2 is 2.33 bits per heavy atom. The Bertz CT molecular complexity index is 344. The second-order valence-corrected chi connectivity index (χ2v) is 4.39. The molecule has 3 heteroatoms. The minimum absolute atomic E-state index is 0.0840. The quantitative estimate of drug-likeness (QED) is 0.876. The molecule has 1 aromatic carbocycles. The summed E-state index contributed by atoms with van der Waals surface area (Å²) in [6.45, 7) is 2.13. The van der Waals surface area contributed by atoms with Crippen molar-refractivity contribution in [3.8, 4) is 6.07 Å². The molecule has 0 heterocycles. The molecular formula is C12H15BrN2. The van der Waals surface area contributed by atoms with Crippen molar-refractivity contribution in [3.05, 3.63) is 28.7 Å². The standard InChI is InChI=1S/C12H15BrN2/c1-2-3-6-12(9-14)15-11-7-4-5-10(13)8-11/h4-5,7-8,12,15H,2-3,6H2,1H3. The number of hydrogen-bond donors (Lipinski definition) is 1. The van der Waals surface area contributed by atoms with Gasteiger partial charge in [0.15, 0.2) is 0 Å². The van der Waals surface area contributed by atoms with E-state index >= 15 is 0 Å². The van der Waals surface area contributed by atoms with Crippen LogP contribution in [0.4, 0.5) is 5.69 Å². The second kappa shape index (κ2) is 6.47. The maximum Gasteiger partial charge on any atom is 0.114 e. The normalized spacial score (nSPS) is 11.8. The van der Waals surface area contributed by atoms with Gasteiger partial charge in [0.25, 0.3) is 0 Å². The molecule has 0 spiro atoms. The maximum absolute atomic E-state index is 8.96. The number of hydrogen-bond acceptors (Lipinski definition) is 2. The van der Waals surface area contributed by atoms with Gasteiger partial charge < -0.3 is 5.32 Å². The molecule has 15 heavy (non-hydrogen) atoms. The van der Waals surface area contributed by atoms with Crippen molar-refractivity contribution in [1.29, 1.82) is 5.26 Å². The molecule has 1 aromatic rings. The summed E-state index contributed by atoms with van der Waals surface area (Å²) < 4.78 is 1.03. The molecule has 0 fully saturated rings. The van der Waals surface area contributed by atoms with Gasteiger partial charge in [-0.25, -0.2) is 0 Å². The summed E-state index contributed by atoms with van der Waals surface area (Å²) in [5.74, 6) is 0. The Hall–Kier alpha value is -1.01.